The maximum absolute atomic E-state index is 15.2. The van der Waals surface area contributed by atoms with E-state index in [1.807, 2.05) is 65.6 Å². The van der Waals surface area contributed by atoms with E-state index >= 15 is 4.57 Å². The number of aromatic nitrogens is 4. The number of nitrogens with two attached hydrogens (primary N) is 1. The number of rotatable bonds is 22. The van der Waals surface area contributed by atoms with Crippen molar-refractivity contribution < 1.29 is 33.2 Å². The number of carbonyl (C=O) groups is 3. The zero-order chi connectivity index (χ0) is 38.2. The molecule has 0 saturated carbocycles. The molecule has 0 unspecified atom stereocenters. The fraction of sp³-hybridized carbons (Fsp3) is 0.444. The molecular weight excluding hydrogens is 703 g/mol. The Morgan fingerprint density at radius 2 is 1.47 bits per heavy atom. The van der Waals surface area contributed by atoms with Crippen molar-refractivity contribution in [2.24, 2.45) is 0 Å². The number of benzene rings is 2. The Balaban J connectivity index is 1.65. The third-order valence-electron chi connectivity index (χ3n) is 8.40. The van der Waals surface area contributed by atoms with Crippen LogP contribution in [-0.4, -0.2) is 101 Å². The number of H-pyrrole nitrogens is 1. The van der Waals surface area contributed by atoms with Crippen LogP contribution in [0, 0.1) is 0 Å². The van der Waals surface area contributed by atoms with E-state index in [1.165, 1.54) is 13.4 Å². The Bertz CT molecular complexity index is 1820. The molecule has 2 heterocycles. The second-order valence-corrected chi connectivity index (χ2v) is 14.7. The molecule has 0 spiro atoms. The van der Waals surface area contributed by atoms with Gasteiger partial charge in [-0.05, 0) is 50.8 Å². The Morgan fingerprint density at radius 1 is 0.906 bits per heavy atom. The first kappa shape index (κ1) is 40.9. The van der Waals surface area contributed by atoms with Crippen molar-refractivity contribution in [3.05, 3.63) is 88.5 Å². The molecule has 0 aliphatic heterocycles. The number of hydrogen-bond acceptors (Lipinski definition) is 12. The van der Waals surface area contributed by atoms with Crippen molar-refractivity contribution in [3.63, 3.8) is 0 Å². The lowest BCUT2D eigenvalue weighted by atomic mass is 10.1. The first-order valence-electron chi connectivity index (χ1n) is 17.6. The van der Waals surface area contributed by atoms with Gasteiger partial charge in [0.05, 0.1) is 26.7 Å². The summed E-state index contributed by atoms with van der Waals surface area (Å²) in [7, 11) is -2.51. The Labute approximate surface area is 308 Å². The molecular formula is C36H49N8O8P. The zero-order valence-corrected chi connectivity index (χ0v) is 31.3. The number of nitrogen functional groups attached to an aromatic ring is 1. The van der Waals surface area contributed by atoms with Crippen LogP contribution in [0.2, 0.25) is 0 Å². The molecule has 2 atom stereocenters. The number of aromatic amines is 1. The van der Waals surface area contributed by atoms with Crippen LogP contribution in [0.25, 0.3) is 11.2 Å². The van der Waals surface area contributed by atoms with Crippen LogP contribution in [0.3, 0.4) is 0 Å². The third-order valence-corrected chi connectivity index (χ3v) is 10.7. The van der Waals surface area contributed by atoms with Crippen molar-refractivity contribution in [2.75, 3.05) is 51.9 Å². The van der Waals surface area contributed by atoms with Gasteiger partial charge in [0.1, 0.15) is 12.1 Å². The highest BCUT2D eigenvalue weighted by Crippen LogP contribution is 2.38. The minimum absolute atomic E-state index is 0.0316. The number of esters is 3. The second-order valence-electron chi connectivity index (χ2n) is 12.3. The average Bonchev–Trinajstić information content (AvgIpc) is 3.56. The van der Waals surface area contributed by atoms with Crippen LogP contribution in [0.1, 0.15) is 37.8 Å². The van der Waals surface area contributed by atoms with Crippen LogP contribution < -0.4 is 21.5 Å². The van der Waals surface area contributed by atoms with Crippen LogP contribution in [0.5, 0.6) is 0 Å². The lowest BCUT2D eigenvalue weighted by Crippen LogP contribution is -2.47. The van der Waals surface area contributed by atoms with E-state index in [1.54, 1.807) is 18.4 Å². The van der Waals surface area contributed by atoms with Gasteiger partial charge in [-0.2, -0.15) is 4.98 Å². The van der Waals surface area contributed by atoms with Gasteiger partial charge in [-0.3, -0.25) is 28.7 Å². The lowest BCUT2D eigenvalue weighted by molar-refractivity contribution is -0.145. The normalized spacial score (nSPS) is 12.8. The van der Waals surface area contributed by atoms with Gasteiger partial charge < -0.3 is 29.4 Å². The Kier molecular flexibility index (Phi) is 15.7. The molecule has 0 saturated heterocycles. The van der Waals surface area contributed by atoms with E-state index in [9.17, 15) is 19.2 Å². The van der Waals surface area contributed by atoms with E-state index in [2.05, 4.69) is 25.1 Å². The minimum atomic E-state index is -3.84. The second kappa shape index (κ2) is 20.4. The van der Waals surface area contributed by atoms with Gasteiger partial charge in [0.15, 0.2) is 11.2 Å². The molecule has 0 bridgehead atoms. The molecule has 53 heavy (non-hydrogen) atoms. The van der Waals surface area contributed by atoms with Crippen LogP contribution in [0.15, 0.2) is 71.8 Å². The highest BCUT2D eigenvalue weighted by molar-refractivity contribution is 7.60. The number of methoxy groups -OCH3 is 1. The number of imidazole rings is 1. The zero-order valence-electron chi connectivity index (χ0n) is 30.4. The summed E-state index contributed by atoms with van der Waals surface area (Å²) < 4.78 is 32.6. The van der Waals surface area contributed by atoms with Gasteiger partial charge in [0, 0.05) is 32.2 Å². The molecule has 4 aromatic rings. The van der Waals surface area contributed by atoms with E-state index in [0.29, 0.717) is 31.7 Å². The fourth-order valence-corrected chi connectivity index (χ4v) is 8.07. The summed E-state index contributed by atoms with van der Waals surface area (Å²) >= 11 is 0. The SMILES string of the molecule is CCOC(=O)[C@H](Cc1ccccc1)NP(=O)(CCN(CCCC(=O)OC)CCn1cnc2c(=O)[nH]c(N)nc21)N[C@@H](Cc1ccccc1)C(=O)OCC. The molecule has 17 heteroatoms. The number of anilines is 1. The predicted octanol–water partition coefficient (Wildman–Crippen LogP) is 2.68. The van der Waals surface area contributed by atoms with Gasteiger partial charge in [-0.1, -0.05) is 60.7 Å². The first-order valence-corrected chi connectivity index (χ1v) is 19.5. The molecule has 2 aromatic carbocycles. The molecule has 16 nitrogen and oxygen atoms in total. The molecule has 4 rings (SSSR count). The summed E-state index contributed by atoms with van der Waals surface area (Å²) in [6, 6.07) is 16.5. The minimum Gasteiger partial charge on any atom is -0.469 e. The van der Waals surface area contributed by atoms with Gasteiger partial charge >= 0.3 is 17.9 Å². The fourth-order valence-electron chi connectivity index (χ4n) is 5.77. The highest BCUT2D eigenvalue weighted by atomic mass is 31.2. The molecule has 0 aliphatic rings. The summed E-state index contributed by atoms with van der Waals surface area (Å²) in [5, 5.41) is 6.21. The van der Waals surface area contributed by atoms with Gasteiger partial charge in [0.2, 0.25) is 13.4 Å². The van der Waals surface area contributed by atoms with Gasteiger partial charge in [-0.25, -0.2) is 15.2 Å². The largest absolute Gasteiger partial charge is 0.469 e. The number of fused-ring (bicyclic) bond motifs is 1. The molecule has 2 aromatic heterocycles. The maximum Gasteiger partial charge on any atom is 0.323 e. The molecule has 0 aliphatic carbocycles. The summed E-state index contributed by atoms with van der Waals surface area (Å²) in [4.78, 5) is 64.0. The summed E-state index contributed by atoms with van der Waals surface area (Å²) in [6.45, 7) is 4.95. The molecule has 0 amide bonds. The molecule has 0 radical (unpaired) electrons. The number of nitrogens with one attached hydrogen (secondary N) is 3. The van der Waals surface area contributed by atoms with Crippen molar-refractivity contribution in [2.45, 2.75) is 58.2 Å². The highest BCUT2D eigenvalue weighted by Gasteiger charge is 2.35. The van der Waals surface area contributed by atoms with Gasteiger partial charge in [0.25, 0.3) is 5.56 Å². The van der Waals surface area contributed by atoms with E-state index < -0.39 is 37.0 Å². The summed E-state index contributed by atoms with van der Waals surface area (Å²) in [6.07, 6.45) is 2.42. The maximum atomic E-state index is 15.2. The van der Waals surface area contributed by atoms with Crippen molar-refractivity contribution >= 4 is 42.5 Å². The van der Waals surface area contributed by atoms with E-state index in [-0.39, 0.29) is 62.6 Å². The van der Waals surface area contributed by atoms with E-state index in [0.717, 1.165) is 11.1 Å². The van der Waals surface area contributed by atoms with Crippen molar-refractivity contribution in [3.8, 4) is 0 Å². The van der Waals surface area contributed by atoms with Crippen molar-refractivity contribution in [1.82, 2.24) is 34.6 Å². The summed E-state index contributed by atoms with van der Waals surface area (Å²) in [5.41, 5.74) is 7.43. The lowest BCUT2D eigenvalue weighted by Gasteiger charge is -2.31. The number of nitrogens with zero attached hydrogens (tertiary/aromatic N) is 4. The average molecular weight is 753 g/mol. The summed E-state index contributed by atoms with van der Waals surface area (Å²) in [5.74, 6) is -1.58. The number of carbonyl (C=O) groups excluding carboxylic acids is 3. The standard InChI is InChI=1S/C36H49N8O8P/c1-4-51-34(47)28(23-26-13-8-6-9-14-26)41-53(49,42-29(35(48)52-5-2)24-27-15-10-7-11-16-27)22-21-43(18-12-17-30(45)50-3)19-20-44-25-38-31-32(44)39-36(37)40-33(31)46/h6-11,13-16,25,28-29H,4-5,12,17-24H2,1-3H3,(H2,41,42,49)(H3,37,39,40,46)/t28-,29-/m0/s1. The molecule has 0 fully saturated rings. The van der Waals surface area contributed by atoms with Crippen LogP contribution in [0.4, 0.5) is 5.95 Å². The first-order chi connectivity index (χ1) is 25.5. The Hall–Kier alpha value is -4.89. The quantitative estimate of drug-likeness (QED) is 0.0517. The molecule has 5 N–H and O–H groups in total. The predicted molar refractivity (Wildman–Crippen MR) is 200 cm³/mol. The topological polar surface area (TPSA) is 213 Å². The third kappa shape index (κ3) is 12.6. The monoisotopic (exact) mass is 752 g/mol. The number of ether oxygens (including phenoxy) is 3. The smallest absolute Gasteiger partial charge is 0.323 e. The number of hydrogen-bond donors (Lipinski definition) is 4. The van der Waals surface area contributed by atoms with E-state index in [4.69, 9.17) is 19.9 Å². The van der Waals surface area contributed by atoms with Gasteiger partial charge in [-0.15, -0.1) is 0 Å². The molecule has 286 valence electrons. The Morgan fingerprint density at radius 3 is 2.00 bits per heavy atom. The van der Waals surface area contributed by atoms with Crippen LogP contribution in [-0.2, 0) is 52.5 Å². The van der Waals surface area contributed by atoms with Crippen molar-refractivity contribution in [1.29, 1.82) is 0 Å². The van der Waals surface area contributed by atoms with Crippen LogP contribution >= 0.6 is 7.44 Å².